The first-order valence-electron chi connectivity index (χ1n) is 6.25. The fraction of sp³-hybridized carbons (Fsp3) is 0.357. The van der Waals surface area contributed by atoms with Crippen LogP contribution in [0.3, 0.4) is 0 Å². The van der Waals surface area contributed by atoms with Gasteiger partial charge in [0.25, 0.3) is 0 Å². The molecule has 0 unspecified atom stereocenters. The van der Waals surface area contributed by atoms with E-state index in [1.807, 2.05) is 0 Å². The summed E-state index contributed by atoms with van der Waals surface area (Å²) >= 11 is 0. The van der Waals surface area contributed by atoms with Crippen LogP contribution < -0.4 is 0 Å². The van der Waals surface area contributed by atoms with Gasteiger partial charge in [-0.15, -0.1) is 6.58 Å². The summed E-state index contributed by atoms with van der Waals surface area (Å²) in [7, 11) is -3.75. The van der Waals surface area contributed by atoms with Crippen molar-refractivity contribution in [1.29, 1.82) is 0 Å². The van der Waals surface area contributed by atoms with Gasteiger partial charge in [-0.3, -0.25) is 4.79 Å². The Morgan fingerprint density at radius 1 is 1.40 bits per heavy atom. The van der Waals surface area contributed by atoms with Crippen LogP contribution in [0.15, 0.2) is 41.8 Å². The molecule has 6 heteroatoms. The van der Waals surface area contributed by atoms with Crippen molar-refractivity contribution in [3.05, 3.63) is 42.5 Å². The molecule has 0 heterocycles. The third-order valence-corrected chi connectivity index (χ3v) is 4.63. The topological polar surface area (TPSA) is 63.7 Å². The van der Waals surface area contributed by atoms with E-state index in [1.54, 1.807) is 32.0 Å². The van der Waals surface area contributed by atoms with Crippen molar-refractivity contribution >= 4 is 16.0 Å². The molecule has 1 aromatic carbocycles. The van der Waals surface area contributed by atoms with Gasteiger partial charge in [0.2, 0.25) is 10.0 Å². The Labute approximate surface area is 119 Å². The molecule has 0 atom stereocenters. The Kier molecular flexibility index (Phi) is 5.91. The summed E-state index contributed by atoms with van der Waals surface area (Å²) in [5.74, 6) is -0.577. The maximum atomic E-state index is 12.6. The average molecular weight is 297 g/mol. The summed E-state index contributed by atoms with van der Waals surface area (Å²) in [6, 6.07) is 6.64. The van der Waals surface area contributed by atoms with Gasteiger partial charge in [-0.1, -0.05) is 24.3 Å². The average Bonchev–Trinajstić information content (AvgIpc) is 2.38. The summed E-state index contributed by atoms with van der Waals surface area (Å²) in [6.45, 7) is 6.85. The molecule has 0 spiro atoms. The fourth-order valence-electron chi connectivity index (χ4n) is 1.73. The normalized spacial score (nSPS) is 11.3. The molecule has 0 aromatic heterocycles. The van der Waals surface area contributed by atoms with Gasteiger partial charge in [-0.05, 0) is 25.5 Å². The molecule has 0 aliphatic rings. The summed E-state index contributed by atoms with van der Waals surface area (Å²) < 4.78 is 31.0. The molecule has 5 nitrogen and oxygen atoms in total. The summed E-state index contributed by atoms with van der Waals surface area (Å²) in [5.41, 5.74) is 0.630. The number of carbonyl (C=O) groups excluding carboxylic acids is 1. The Bertz CT molecular complexity index is 581. The third-order valence-electron chi connectivity index (χ3n) is 2.65. The minimum absolute atomic E-state index is 0.0511. The van der Waals surface area contributed by atoms with Crippen molar-refractivity contribution in [3.63, 3.8) is 0 Å². The predicted molar refractivity (Wildman–Crippen MR) is 76.8 cm³/mol. The van der Waals surface area contributed by atoms with Gasteiger partial charge in [-0.25, -0.2) is 8.42 Å². The Balaban J connectivity index is 3.09. The molecular formula is C14H19NO4S. The van der Waals surface area contributed by atoms with Crippen LogP contribution in [0.1, 0.15) is 12.5 Å². The summed E-state index contributed by atoms with van der Waals surface area (Å²) in [4.78, 5) is 11.7. The monoisotopic (exact) mass is 297 g/mol. The van der Waals surface area contributed by atoms with Crippen LogP contribution in [0, 0.1) is 6.92 Å². The van der Waals surface area contributed by atoms with Gasteiger partial charge in [-0.2, -0.15) is 4.31 Å². The number of benzene rings is 1. The molecule has 0 radical (unpaired) electrons. The van der Waals surface area contributed by atoms with E-state index in [1.165, 1.54) is 12.1 Å². The SMILES string of the molecule is C=CCN(CC(=O)OCC)S(=O)(=O)c1ccccc1C. The summed E-state index contributed by atoms with van der Waals surface area (Å²) in [6.07, 6.45) is 1.44. The second kappa shape index (κ2) is 7.21. The zero-order valence-electron chi connectivity index (χ0n) is 11.7. The van der Waals surface area contributed by atoms with Gasteiger partial charge in [0.15, 0.2) is 0 Å². The first kappa shape index (κ1) is 16.4. The molecule has 0 bridgehead atoms. The lowest BCUT2D eigenvalue weighted by molar-refractivity contribution is -0.143. The number of hydrogen-bond donors (Lipinski definition) is 0. The maximum Gasteiger partial charge on any atom is 0.321 e. The Morgan fingerprint density at radius 2 is 2.05 bits per heavy atom. The lowest BCUT2D eigenvalue weighted by Crippen LogP contribution is -2.36. The highest BCUT2D eigenvalue weighted by atomic mass is 32.2. The van der Waals surface area contributed by atoms with Crippen LogP contribution in [-0.4, -0.2) is 38.4 Å². The molecule has 20 heavy (non-hydrogen) atoms. The van der Waals surface area contributed by atoms with Crippen LogP contribution in [0.25, 0.3) is 0 Å². The molecule has 0 fully saturated rings. The highest BCUT2D eigenvalue weighted by Crippen LogP contribution is 2.19. The second-order valence-electron chi connectivity index (χ2n) is 4.16. The standard InChI is InChI=1S/C14H19NO4S/c1-4-10-15(11-14(16)19-5-2)20(17,18)13-9-7-6-8-12(13)3/h4,6-9H,1,5,10-11H2,2-3H3. The van der Waals surface area contributed by atoms with E-state index in [4.69, 9.17) is 4.74 Å². The highest BCUT2D eigenvalue weighted by Gasteiger charge is 2.27. The molecule has 0 saturated heterocycles. The van der Waals surface area contributed by atoms with E-state index in [9.17, 15) is 13.2 Å². The van der Waals surface area contributed by atoms with Gasteiger partial charge in [0, 0.05) is 6.54 Å². The molecule has 1 rings (SSSR count). The lowest BCUT2D eigenvalue weighted by Gasteiger charge is -2.20. The number of nitrogens with zero attached hydrogens (tertiary/aromatic N) is 1. The fourth-order valence-corrected chi connectivity index (χ4v) is 3.31. The van der Waals surface area contributed by atoms with Crippen LogP contribution in [-0.2, 0) is 19.6 Å². The molecule has 0 amide bonds. The van der Waals surface area contributed by atoms with Crippen LogP contribution in [0.4, 0.5) is 0 Å². The van der Waals surface area contributed by atoms with Gasteiger partial charge in [0.1, 0.15) is 6.54 Å². The van der Waals surface area contributed by atoms with Crippen molar-refractivity contribution in [1.82, 2.24) is 4.31 Å². The van der Waals surface area contributed by atoms with E-state index in [0.717, 1.165) is 4.31 Å². The van der Waals surface area contributed by atoms with E-state index >= 15 is 0 Å². The molecular weight excluding hydrogens is 278 g/mol. The smallest absolute Gasteiger partial charge is 0.321 e. The zero-order chi connectivity index (χ0) is 15.2. The van der Waals surface area contributed by atoms with Crippen LogP contribution >= 0.6 is 0 Å². The molecule has 110 valence electrons. The van der Waals surface area contributed by atoms with E-state index in [2.05, 4.69) is 6.58 Å². The summed E-state index contributed by atoms with van der Waals surface area (Å²) in [5, 5.41) is 0. The zero-order valence-corrected chi connectivity index (χ0v) is 12.5. The van der Waals surface area contributed by atoms with E-state index in [0.29, 0.717) is 5.56 Å². The number of hydrogen-bond acceptors (Lipinski definition) is 4. The molecule has 0 saturated carbocycles. The molecule has 0 N–H and O–H groups in total. The minimum Gasteiger partial charge on any atom is -0.465 e. The van der Waals surface area contributed by atoms with Crippen molar-refractivity contribution < 1.29 is 17.9 Å². The maximum absolute atomic E-state index is 12.6. The molecule has 1 aromatic rings. The molecule has 0 aliphatic carbocycles. The first-order chi connectivity index (χ1) is 9.43. The second-order valence-corrected chi connectivity index (χ2v) is 6.06. The predicted octanol–water partition coefficient (Wildman–Crippen LogP) is 1.73. The number of esters is 1. The van der Waals surface area contributed by atoms with Gasteiger partial charge in [0.05, 0.1) is 11.5 Å². The number of carbonyl (C=O) groups is 1. The third kappa shape index (κ3) is 3.91. The number of sulfonamides is 1. The van der Waals surface area contributed by atoms with Crippen molar-refractivity contribution in [2.75, 3.05) is 19.7 Å². The number of rotatable bonds is 7. The minimum atomic E-state index is -3.75. The Hall–Kier alpha value is -1.66. The number of ether oxygens (including phenoxy) is 1. The van der Waals surface area contributed by atoms with Crippen LogP contribution in [0.2, 0.25) is 0 Å². The first-order valence-corrected chi connectivity index (χ1v) is 7.69. The van der Waals surface area contributed by atoms with Crippen molar-refractivity contribution in [2.45, 2.75) is 18.7 Å². The van der Waals surface area contributed by atoms with E-state index < -0.39 is 16.0 Å². The largest absolute Gasteiger partial charge is 0.465 e. The van der Waals surface area contributed by atoms with Crippen molar-refractivity contribution in [3.8, 4) is 0 Å². The highest BCUT2D eigenvalue weighted by molar-refractivity contribution is 7.89. The Morgan fingerprint density at radius 3 is 2.60 bits per heavy atom. The van der Waals surface area contributed by atoms with Crippen LogP contribution in [0.5, 0.6) is 0 Å². The number of aryl methyl sites for hydroxylation is 1. The molecule has 0 aliphatic heterocycles. The lowest BCUT2D eigenvalue weighted by atomic mass is 10.2. The van der Waals surface area contributed by atoms with E-state index in [-0.39, 0.29) is 24.6 Å². The van der Waals surface area contributed by atoms with Crippen molar-refractivity contribution in [2.24, 2.45) is 0 Å². The van der Waals surface area contributed by atoms with Gasteiger partial charge < -0.3 is 4.74 Å². The van der Waals surface area contributed by atoms with Gasteiger partial charge >= 0.3 is 5.97 Å². The quantitative estimate of drug-likeness (QED) is 0.568.